The van der Waals surface area contributed by atoms with Gasteiger partial charge in [-0.15, -0.1) is 11.3 Å². The number of rotatable bonds is 5. The Kier molecular flexibility index (Phi) is 4.21. The number of aryl methyl sites for hydroxylation is 1. The molecule has 2 N–H and O–H groups in total. The number of benzene rings is 1. The minimum absolute atomic E-state index is 0.0932. The summed E-state index contributed by atoms with van der Waals surface area (Å²) in [6, 6.07) is 7.44. The summed E-state index contributed by atoms with van der Waals surface area (Å²) in [5.41, 5.74) is 1.53. The highest BCUT2D eigenvalue weighted by Gasteiger charge is 2.42. The van der Waals surface area contributed by atoms with E-state index in [0.717, 1.165) is 23.4 Å². The number of halogens is 1. The molecule has 1 aliphatic carbocycles. The van der Waals surface area contributed by atoms with Gasteiger partial charge in [-0.25, -0.2) is 4.98 Å². The fourth-order valence-corrected chi connectivity index (χ4v) is 3.44. The molecule has 0 saturated heterocycles. The van der Waals surface area contributed by atoms with Crippen molar-refractivity contribution in [1.82, 2.24) is 10.3 Å². The molecule has 1 aliphatic rings. The molecule has 1 aromatic heterocycles. The molecule has 1 heterocycles. The van der Waals surface area contributed by atoms with Crippen molar-refractivity contribution in [3.05, 3.63) is 39.9 Å². The molecule has 0 spiro atoms. The van der Waals surface area contributed by atoms with Gasteiger partial charge in [-0.1, -0.05) is 23.7 Å². The van der Waals surface area contributed by atoms with E-state index in [1.165, 1.54) is 11.3 Å². The monoisotopic (exact) mass is 336 g/mol. The lowest BCUT2D eigenvalue weighted by Crippen LogP contribution is -2.31. The summed E-state index contributed by atoms with van der Waals surface area (Å²) in [5.74, 6) is -0.122. The number of thiazole rings is 1. The fraction of sp³-hybridized carbons (Fsp3) is 0.375. The van der Waals surface area contributed by atoms with Gasteiger partial charge in [0.05, 0.1) is 12.3 Å². The second-order valence-corrected chi connectivity index (χ2v) is 7.22. The number of aromatic nitrogens is 1. The van der Waals surface area contributed by atoms with E-state index in [2.05, 4.69) is 10.3 Å². The number of carbonyl (C=O) groups excluding carboxylic acids is 1. The Labute approximate surface area is 138 Å². The lowest BCUT2D eigenvalue weighted by Gasteiger charge is -2.11. The molecule has 1 saturated carbocycles. The topological polar surface area (TPSA) is 62.2 Å². The SMILES string of the molecule is Cc1nc(-c2cccc(Cl)c2)sc1C(=O)NCC1(CO)CC1. The molecule has 4 nitrogen and oxygen atoms in total. The van der Waals surface area contributed by atoms with Crippen LogP contribution in [0.25, 0.3) is 10.6 Å². The Morgan fingerprint density at radius 2 is 2.27 bits per heavy atom. The molecular weight excluding hydrogens is 320 g/mol. The lowest BCUT2D eigenvalue weighted by atomic mass is 10.1. The van der Waals surface area contributed by atoms with Gasteiger partial charge in [0.2, 0.25) is 0 Å². The third-order valence-electron chi connectivity index (χ3n) is 3.99. The maximum atomic E-state index is 12.3. The lowest BCUT2D eigenvalue weighted by molar-refractivity contribution is 0.0938. The van der Waals surface area contributed by atoms with Crippen molar-refractivity contribution in [3.63, 3.8) is 0 Å². The molecular formula is C16H17ClN2O2S. The number of aliphatic hydroxyl groups is 1. The van der Waals surface area contributed by atoms with Crippen molar-refractivity contribution >= 4 is 28.8 Å². The Morgan fingerprint density at radius 1 is 1.50 bits per heavy atom. The van der Waals surface area contributed by atoms with Crippen molar-refractivity contribution in [2.75, 3.05) is 13.2 Å². The van der Waals surface area contributed by atoms with Crippen molar-refractivity contribution < 1.29 is 9.90 Å². The quantitative estimate of drug-likeness (QED) is 0.880. The first kappa shape index (κ1) is 15.5. The van der Waals surface area contributed by atoms with Gasteiger partial charge in [-0.05, 0) is 31.9 Å². The van der Waals surface area contributed by atoms with Crippen LogP contribution in [0.2, 0.25) is 5.02 Å². The van der Waals surface area contributed by atoms with E-state index < -0.39 is 0 Å². The van der Waals surface area contributed by atoms with E-state index in [4.69, 9.17) is 11.6 Å². The van der Waals surface area contributed by atoms with Crippen LogP contribution in [-0.2, 0) is 0 Å². The molecule has 0 radical (unpaired) electrons. The number of nitrogens with one attached hydrogen (secondary N) is 1. The second kappa shape index (κ2) is 5.99. The smallest absolute Gasteiger partial charge is 0.263 e. The fourth-order valence-electron chi connectivity index (χ4n) is 2.27. The highest BCUT2D eigenvalue weighted by molar-refractivity contribution is 7.17. The first-order chi connectivity index (χ1) is 10.5. The number of hydrogen-bond donors (Lipinski definition) is 2. The normalized spacial score (nSPS) is 15.6. The molecule has 1 aromatic carbocycles. The Balaban J connectivity index is 1.76. The summed E-state index contributed by atoms with van der Waals surface area (Å²) in [5, 5.41) is 13.6. The third kappa shape index (κ3) is 3.16. The van der Waals surface area contributed by atoms with Crippen molar-refractivity contribution in [3.8, 4) is 10.6 Å². The summed E-state index contributed by atoms with van der Waals surface area (Å²) in [4.78, 5) is 17.4. The standard InChI is InChI=1S/C16H17ClN2O2S/c1-10-13(14(21)18-8-16(9-20)5-6-16)22-15(19-10)11-3-2-4-12(17)7-11/h2-4,7,20H,5-6,8-9H2,1H3,(H,18,21). The molecule has 1 fully saturated rings. The molecule has 6 heteroatoms. The van der Waals surface area contributed by atoms with Gasteiger partial charge in [0.25, 0.3) is 5.91 Å². The molecule has 0 aliphatic heterocycles. The first-order valence-corrected chi connectivity index (χ1v) is 8.35. The van der Waals surface area contributed by atoms with E-state index >= 15 is 0 Å². The number of nitrogens with zero attached hydrogens (tertiary/aromatic N) is 1. The van der Waals surface area contributed by atoms with Gasteiger partial charge in [0.1, 0.15) is 9.88 Å². The summed E-state index contributed by atoms with van der Waals surface area (Å²) < 4.78 is 0. The predicted octanol–water partition coefficient (Wildman–Crippen LogP) is 3.27. The summed E-state index contributed by atoms with van der Waals surface area (Å²) >= 11 is 7.36. The Morgan fingerprint density at radius 3 is 2.91 bits per heavy atom. The van der Waals surface area contributed by atoms with Crippen LogP contribution in [0.3, 0.4) is 0 Å². The van der Waals surface area contributed by atoms with Crippen LogP contribution in [0.4, 0.5) is 0 Å². The Hall–Kier alpha value is -1.43. The average Bonchev–Trinajstić information content (AvgIpc) is 3.19. The highest BCUT2D eigenvalue weighted by Crippen LogP contribution is 2.44. The number of amides is 1. The molecule has 22 heavy (non-hydrogen) atoms. The second-order valence-electron chi connectivity index (χ2n) is 5.78. The number of carbonyl (C=O) groups is 1. The van der Waals surface area contributed by atoms with Crippen LogP contribution in [0.15, 0.2) is 24.3 Å². The Bertz CT molecular complexity index is 710. The van der Waals surface area contributed by atoms with Gasteiger partial charge in [-0.2, -0.15) is 0 Å². The van der Waals surface area contributed by atoms with Gasteiger partial charge >= 0.3 is 0 Å². The van der Waals surface area contributed by atoms with E-state index in [0.29, 0.717) is 22.1 Å². The molecule has 116 valence electrons. The zero-order chi connectivity index (χ0) is 15.7. The van der Waals surface area contributed by atoms with Crippen LogP contribution in [0.5, 0.6) is 0 Å². The minimum Gasteiger partial charge on any atom is -0.396 e. The van der Waals surface area contributed by atoms with Gasteiger partial charge in [0, 0.05) is 22.5 Å². The molecule has 0 unspecified atom stereocenters. The molecule has 1 amide bonds. The van der Waals surface area contributed by atoms with Gasteiger partial charge < -0.3 is 10.4 Å². The molecule has 0 atom stereocenters. The van der Waals surface area contributed by atoms with E-state index in [-0.39, 0.29) is 17.9 Å². The molecule has 2 aromatic rings. The minimum atomic E-state index is -0.122. The van der Waals surface area contributed by atoms with E-state index in [9.17, 15) is 9.90 Å². The summed E-state index contributed by atoms with van der Waals surface area (Å²) in [6.45, 7) is 2.48. The van der Waals surface area contributed by atoms with Crippen molar-refractivity contribution in [1.29, 1.82) is 0 Å². The zero-order valence-corrected chi connectivity index (χ0v) is 13.8. The number of hydrogen-bond acceptors (Lipinski definition) is 4. The summed E-state index contributed by atoms with van der Waals surface area (Å²) in [6.07, 6.45) is 1.94. The van der Waals surface area contributed by atoms with Crippen LogP contribution >= 0.6 is 22.9 Å². The summed E-state index contributed by atoms with van der Waals surface area (Å²) in [7, 11) is 0. The van der Waals surface area contributed by atoms with E-state index in [1.54, 1.807) is 0 Å². The van der Waals surface area contributed by atoms with Crippen LogP contribution in [0, 0.1) is 12.3 Å². The maximum absolute atomic E-state index is 12.3. The van der Waals surface area contributed by atoms with Crippen molar-refractivity contribution in [2.45, 2.75) is 19.8 Å². The highest BCUT2D eigenvalue weighted by atomic mass is 35.5. The van der Waals surface area contributed by atoms with Gasteiger partial charge in [0.15, 0.2) is 0 Å². The average molecular weight is 337 g/mol. The van der Waals surface area contributed by atoms with Crippen LogP contribution < -0.4 is 5.32 Å². The van der Waals surface area contributed by atoms with Crippen LogP contribution in [-0.4, -0.2) is 29.1 Å². The van der Waals surface area contributed by atoms with Gasteiger partial charge in [-0.3, -0.25) is 4.79 Å². The predicted molar refractivity (Wildman–Crippen MR) is 88.4 cm³/mol. The maximum Gasteiger partial charge on any atom is 0.263 e. The molecule has 3 rings (SSSR count). The van der Waals surface area contributed by atoms with Crippen molar-refractivity contribution in [2.24, 2.45) is 5.41 Å². The molecule has 0 bridgehead atoms. The zero-order valence-electron chi connectivity index (χ0n) is 12.2. The third-order valence-corrected chi connectivity index (χ3v) is 5.43. The largest absolute Gasteiger partial charge is 0.396 e. The van der Waals surface area contributed by atoms with E-state index in [1.807, 2.05) is 31.2 Å². The van der Waals surface area contributed by atoms with Crippen LogP contribution in [0.1, 0.15) is 28.2 Å². The number of aliphatic hydroxyl groups excluding tert-OH is 1. The first-order valence-electron chi connectivity index (χ1n) is 7.15.